The van der Waals surface area contributed by atoms with Crippen molar-refractivity contribution in [2.75, 3.05) is 18.0 Å². The van der Waals surface area contributed by atoms with Crippen molar-refractivity contribution in [1.29, 1.82) is 0 Å². The molecule has 2 aromatic heterocycles. The number of rotatable bonds is 6. The lowest BCUT2D eigenvalue weighted by Crippen LogP contribution is -2.29. The van der Waals surface area contributed by atoms with Crippen LogP contribution in [0, 0.1) is 11.8 Å². The lowest BCUT2D eigenvalue weighted by atomic mass is 10.3. The van der Waals surface area contributed by atoms with Crippen molar-refractivity contribution >= 4 is 27.4 Å². The lowest BCUT2D eigenvalue weighted by molar-refractivity contribution is 0.671. The maximum atomic E-state index is 4.90. The van der Waals surface area contributed by atoms with Crippen LogP contribution in [-0.4, -0.2) is 22.5 Å². The highest BCUT2D eigenvalue weighted by Gasteiger charge is 2.31. The van der Waals surface area contributed by atoms with Gasteiger partial charge < -0.3 is 9.30 Å². The van der Waals surface area contributed by atoms with Crippen molar-refractivity contribution in [1.82, 2.24) is 9.38 Å². The van der Waals surface area contributed by atoms with E-state index in [0.717, 1.165) is 22.8 Å². The number of hydrogen-bond acceptors (Lipinski definition) is 2. The number of hydrogen-bond donors (Lipinski definition) is 0. The zero-order valence-corrected chi connectivity index (χ0v) is 13.2. The normalized spacial score (nSPS) is 18.6. The molecule has 2 aromatic rings. The summed E-state index contributed by atoms with van der Waals surface area (Å²) in [5, 5.41) is 0.860. The zero-order chi connectivity index (χ0) is 13.5. The van der Waals surface area contributed by atoms with Gasteiger partial charge in [-0.2, -0.15) is 0 Å². The maximum absolute atomic E-state index is 4.90. The van der Waals surface area contributed by atoms with Gasteiger partial charge in [-0.05, 0) is 49.7 Å². The molecule has 0 aliphatic heterocycles. The van der Waals surface area contributed by atoms with E-state index in [4.69, 9.17) is 4.98 Å². The quantitative estimate of drug-likeness (QED) is 0.748. The molecule has 0 bridgehead atoms. The summed E-state index contributed by atoms with van der Waals surface area (Å²) in [5.74, 6) is 3.01. The number of alkyl halides is 1. The van der Waals surface area contributed by atoms with Gasteiger partial charge in [0, 0.05) is 24.6 Å². The maximum Gasteiger partial charge on any atom is 0.152 e. The molecule has 4 rings (SSSR count). The molecule has 2 aliphatic carbocycles. The molecule has 2 saturated carbocycles. The fourth-order valence-electron chi connectivity index (χ4n) is 2.88. The fraction of sp³-hybridized carbons (Fsp3) is 0.562. The Kier molecular flexibility index (Phi) is 3.21. The molecule has 2 aliphatic rings. The van der Waals surface area contributed by atoms with Gasteiger partial charge in [0.2, 0.25) is 0 Å². The van der Waals surface area contributed by atoms with Gasteiger partial charge in [0.1, 0.15) is 5.65 Å². The average molecular weight is 334 g/mol. The first-order valence-corrected chi connectivity index (χ1v) is 8.74. The highest BCUT2D eigenvalue weighted by Crippen LogP contribution is 2.36. The van der Waals surface area contributed by atoms with Gasteiger partial charge >= 0.3 is 0 Å². The van der Waals surface area contributed by atoms with Crippen LogP contribution in [0.2, 0.25) is 0 Å². The van der Waals surface area contributed by atoms with Crippen LogP contribution in [-0.2, 0) is 5.33 Å². The van der Waals surface area contributed by atoms with E-state index in [1.807, 2.05) is 0 Å². The van der Waals surface area contributed by atoms with E-state index in [9.17, 15) is 0 Å². The fourth-order valence-corrected chi connectivity index (χ4v) is 3.40. The summed E-state index contributed by atoms with van der Waals surface area (Å²) in [5.41, 5.74) is 2.36. The van der Waals surface area contributed by atoms with Crippen LogP contribution in [0.5, 0.6) is 0 Å². The molecular weight excluding hydrogens is 314 g/mol. The van der Waals surface area contributed by atoms with E-state index in [-0.39, 0.29) is 0 Å². The van der Waals surface area contributed by atoms with Crippen molar-refractivity contribution < 1.29 is 0 Å². The molecule has 0 atom stereocenters. The molecule has 2 fully saturated rings. The second-order valence-corrected chi connectivity index (χ2v) is 6.80. The third-order valence-electron chi connectivity index (χ3n) is 4.38. The number of halogens is 1. The second kappa shape index (κ2) is 5.06. The summed E-state index contributed by atoms with van der Waals surface area (Å²) < 4.78 is 2.22. The first kappa shape index (κ1) is 12.7. The summed E-state index contributed by atoms with van der Waals surface area (Å²) in [6.07, 6.45) is 7.72. The van der Waals surface area contributed by atoms with Crippen LogP contribution in [0.4, 0.5) is 5.82 Å². The van der Waals surface area contributed by atoms with Gasteiger partial charge in [0.25, 0.3) is 0 Å². The molecular formula is C16H20BrN3. The molecule has 0 saturated heterocycles. The van der Waals surface area contributed by atoms with Crippen LogP contribution >= 0.6 is 15.9 Å². The lowest BCUT2D eigenvalue weighted by Gasteiger charge is -2.23. The standard InChI is InChI=1S/C16H20BrN3/c17-9-14-16(18-15-3-1-2-8-20(14)15)19(10-12-4-5-12)11-13-6-7-13/h1-3,8,12-13H,4-7,9-11H2. The summed E-state index contributed by atoms with van der Waals surface area (Å²) in [4.78, 5) is 7.46. The van der Waals surface area contributed by atoms with Gasteiger partial charge in [-0.25, -0.2) is 4.98 Å². The predicted molar refractivity (Wildman–Crippen MR) is 85.5 cm³/mol. The Balaban J connectivity index is 1.72. The minimum atomic E-state index is 0.860. The molecule has 0 radical (unpaired) electrons. The van der Waals surface area contributed by atoms with E-state index < -0.39 is 0 Å². The Morgan fingerprint density at radius 1 is 1.15 bits per heavy atom. The number of imidazole rings is 1. The number of fused-ring (bicyclic) bond motifs is 1. The Labute approximate surface area is 128 Å². The van der Waals surface area contributed by atoms with Crippen molar-refractivity contribution in [2.24, 2.45) is 11.8 Å². The van der Waals surface area contributed by atoms with E-state index in [1.54, 1.807) is 0 Å². The molecule has 20 heavy (non-hydrogen) atoms. The molecule has 3 nitrogen and oxygen atoms in total. The first-order chi connectivity index (χ1) is 9.85. The number of pyridine rings is 1. The highest BCUT2D eigenvalue weighted by molar-refractivity contribution is 9.08. The van der Waals surface area contributed by atoms with E-state index >= 15 is 0 Å². The summed E-state index contributed by atoms with van der Waals surface area (Å²) in [6.45, 7) is 2.39. The van der Waals surface area contributed by atoms with E-state index in [1.165, 1.54) is 50.3 Å². The van der Waals surface area contributed by atoms with Crippen LogP contribution < -0.4 is 4.90 Å². The molecule has 0 amide bonds. The summed E-state index contributed by atoms with van der Waals surface area (Å²) in [7, 11) is 0. The van der Waals surface area contributed by atoms with Gasteiger partial charge in [-0.3, -0.25) is 0 Å². The zero-order valence-electron chi connectivity index (χ0n) is 11.6. The third-order valence-corrected chi connectivity index (χ3v) is 4.92. The van der Waals surface area contributed by atoms with E-state index in [2.05, 4.69) is 49.6 Å². The minimum Gasteiger partial charge on any atom is -0.355 e. The smallest absolute Gasteiger partial charge is 0.152 e. The van der Waals surface area contributed by atoms with Crippen molar-refractivity contribution in [3.05, 3.63) is 30.1 Å². The summed E-state index contributed by atoms with van der Waals surface area (Å²) in [6, 6.07) is 6.25. The molecule has 106 valence electrons. The Hall–Kier alpha value is -1.03. The molecule has 0 spiro atoms. The Morgan fingerprint density at radius 3 is 2.45 bits per heavy atom. The minimum absolute atomic E-state index is 0.860. The van der Waals surface area contributed by atoms with Crippen molar-refractivity contribution in [3.8, 4) is 0 Å². The highest BCUT2D eigenvalue weighted by atomic mass is 79.9. The average Bonchev–Trinajstić information content (AvgIpc) is 3.38. The largest absolute Gasteiger partial charge is 0.355 e. The van der Waals surface area contributed by atoms with Gasteiger partial charge in [0.05, 0.1) is 5.69 Å². The number of aromatic nitrogens is 2. The topological polar surface area (TPSA) is 20.5 Å². The van der Waals surface area contributed by atoms with Crippen molar-refractivity contribution in [2.45, 2.75) is 31.0 Å². The number of anilines is 1. The number of nitrogens with zero attached hydrogens (tertiary/aromatic N) is 3. The molecule has 0 aromatic carbocycles. The van der Waals surface area contributed by atoms with Crippen LogP contribution in [0.15, 0.2) is 24.4 Å². The van der Waals surface area contributed by atoms with E-state index in [0.29, 0.717) is 0 Å². The van der Waals surface area contributed by atoms with Gasteiger partial charge in [0.15, 0.2) is 5.82 Å². The van der Waals surface area contributed by atoms with Gasteiger partial charge in [-0.15, -0.1) is 0 Å². The predicted octanol–water partition coefficient (Wildman–Crippen LogP) is 3.86. The Bertz CT molecular complexity index is 599. The van der Waals surface area contributed by atoms with Crippen molar-refractivity contribution in [3.63, 3.8) is 0 Å². The molecule has 4 heteroatoms. The third kappa shape index (κ3) is 2.46. The van der Waals surface area contributed by atoms with Gasteiger partial charge in [-0.1, -0.05) is 22.0 Å². The molecule has 2 heterocycles. The molecule has 0 unspecified atom stereocenters. The second-order valence-electron chi connectivity index (χ2n) is 6.24. The molecule has 0 N–H and O–H groups in total. The first-order valence-electron chi connectivity index (χ1n) is 7.62. The summed E-state index contributed by atoms with van der Waals surface area (Å²) >= 11 is 3.65. The van der Waals surface area contributed by atoms with Crippen LogP contribution in [0.1, 0.15) is 31.4 Å². The van der Waals surface area contributed by atoms with Crippen LogP contribution in [0.3, 0.4) is 0 Å². The van der Waals surface area contributed by atoms with Crippen LogP contribution in [0.25, 0.3) is 5.65 Å². The SMILES string of the molecule is BrCc1c(N(CC2CC2)CC2CC2)nc2ccccn12. The Morgan fingerprint density at radius 2 is 1.85 bits per heavy atom. The monoisotopic (exact) mass is 333 g/mol.